The minimum atomic E-state index is -0.374. The standard InChI is InChI=1S/C34H33FN8O2/c1-20(2)34(44)38-25-14-23(18-36-19-25)21-5-6-29-28(16-21)31(42-41-29)33-39-30-27(7-8-37-32(30)40-33)22-13-24(35)17-26(15-22)45-12-11-43-9-3-4-10-43/h5-8,13-20H,3-4,9-12H2,1-2H3,(H,38,44)(H,41,42)(H,37,39,40). The Morgan fingerprint density at radius 1 is 1.04 bits per heavy atom. The van der Waals surface area contributed by atoms with Crippen LogP contribution in [0.15, 0.2) is 67.1 Å². The van der Waals surface area contributed by atoms with Crippen LogP contribution in [0.2, 0.25) is 0 Å². The highest BCUT2D eigenvalue weighted by atomic mass is 19.1. The number of carbonyl (C=O) groups is 1. The molecule has 0 radical (unpaired) electrons. The van der Waals surface area contributed by atoms with Crippen molar-refractivity contribution in [3.63, 3.8) is 0 Å². The molecule has 1 aliphatic rings. The number of nitrogens with one attached hydrogen (secondary N) is 3. The summed E-state index contributed by atoms with van der Waals surface area (Å²) in [6.45, 7) is 7.19. The van der Waals surface area contributed by atoms with Gasteiger partial charge in [0.05, 0.1) is 22.9 Å². The van der Waals surface area contributed by atoms with Crippen LogP contribution in [0.5, 0.6) is 5.75 Å². The molecule has 1 amide bonds. The van der Waals surface area contributed by atoms with Gasteiger partial charge >= 0.3 is 0 Å². The Labute approximate surface area is 259 Å². The molecule has 4 aromatic heterocycles. The Morgan fingerprint density at radius 3 is 2.76 bits per heavy atom. The van der Waals surface area contributed by atoms with Crippen molar-refractivity contribution in [1.82, 2.24) is 35.0 Å². The van der Waals surface area contributed by atoms with Crippen LogP contribution in [0.3, 0.4) is 0 Å². The lowest BCUT2D eigenvalue weighted by molar-refractivity contribution is -0.118. The summed E-state index contributed by atoms with van der Waals surface area (Å²) in [4.78, 5) is 31.5. The Kier molecular flexibility index (Phi) is 7.68. The largest absolute Gasteiger partial charge is 0.492 e. The SMILES string of the molecule is CC(C)C(=O)Nc1cncc(-c2ccc3[nH]nc(-c4nc5nccc(-c6cc(F)cc(OCCN7CCCC7)c6)c5[nH]4)c3c2)c1. The number of carbonyl (C=O) groups excluding carboxylic acids is 1. The number of imidazole rings is 1. The fourth-order valence-electron chi connectivity index (χ4n) is 5.69. The van der Waals surface area contributed by atoms with Gasteiger partial charge in [-0.2, -0.15) is 5.10 Å². The topological polar surface area (TPSA) is 125 Å². The van der Waals surface area contributed by atoms with E-state index in [1.165, 1.54) is 25.0 Å². The first kappa shape index (κ1) is 28.6. The van der Waals surface area contributed by atoms with Crippen molar-refractivity contribution in [1.29, 1.82) is 0 Å². The van der Waals surface area contributed by atoms with Gasteiger partial charge in [-0.05, 0) is 73.5 Å². The number of halogens is 1. The fraction of sp³-hybridized carbons (Fsp3) is 0.265. The minimum absolute atomic E-state index is 0.0705. The van der Waals surface area contributed by atoms with Gasteiger partial charge in [-0.15, -0.1) is 0 Å². The fourth-order valence-corrected chi connectivity index (χ4v) is 5.69. The van der Waals surface area contributed by atoms with Crippen LogP contribution in [0.1, 0.15) is 26.7 Å². The molecule has 1 aliphatic heterocycles. The Balaban J connectivity index is 1.20. The quantitative estimate of drug-likeness (QED) is 0.174. The summed E-state index contributed by atoms with van der Waals surface area (Å²) < 4.78 is 20.7. The summed E-state index contributed by atoms with van der Waals surface area (Å²) in [6, 6.07) is 14.4. The van der Waals surface area contributed by atoms with Gasteiger partial charge in [0.15, 0.2) is 11.5 Å². The number of benzene rings is 2. The highest BCUT2D eigenvalue weighted by Crippen LogP contribution is 2.34. The summed E-state index contributed by atoms with van der Waals surface area (Å²) >= 11 is 0. The van der Waals surface area contributed by atoms with Crippen molar-refractivity contribution in [2.45, 2.75) is 26.7 Å². The lowest BCUT2D eigenvalue weighted by Crippen LogP contribution is -2.25. The molecular formula is C34H33FN8O2. The van der Waals surface area contributed by atoms with Crippen molar-refractivity contribution in [3.05, 3.63) is 72.9 Å². The van der Waals surface area contributed by atoms with Crippen molar-refractivity contribution in [3.8, 4) is 39.5 Å². The molecule has 1 saturated heterocycles. The Morgan fingerprint density at radius 2 is 1.91 bits per heavy atom. The molecule has 0 bridgehead atoms. The predicted molar refractivity (Wildman–Crippen MR) is 172 cm³/mol. The van der Waals surface area contributed by atoms with E-state index in [2.05, 4.69) is 35.4 Å². The number of rotatable bonds is 9. The maximum atomic E-state index is 14.8. The zero-order valence-electron chi connectivity index (χ0n) is 25.1. The molecule has 0 saturated carbocycles. The van der Waals surface area contributed by atoms with E-state index in [1.807, 2.05) is 50.2 Å². The molecule has 5 heterocycles. The van der Waals surface area contributed by atoms with E-state index in [0.29, 0.717) is 46.3 Å². The van der Waals surface area contributed by atoms with E-state index in [9.17, 15) is 9.18 Å². The number of likely N-dealkylation sites (tertiary alicyclic amines) is 1. The number of aromatic nitrogens is 6. The van der Waals surface area contributed by atoms with Crippen LogP contribution in [-0.4, -0.2) is 67.2 Å². The average molecular weight is 605 g/mol. The first-order valence-corrected chi connectivity index (χ1v) is 15.2. The summed E-state index contributed by atoms with van der Waals surface area (Å²) in [6.07, 6.45) is 7.49. The normalized spacial score (nSPS) is 13.7. The highest BCUT2D eigenvalue weighted by molar-refractivity contribution is 5.98. The van der Waals surface area contributed by atoms with E-state index >= 15 is 0 Å². The van der Waals surface area contributed by atoms with Crippen LogP contribution in [-0.2, 0) is 4.79 Å². The van der Waals surface area contributed by atoms with Crippen LogP contribution < -0.4 is 10.1 Å². The number of ether oxygens (including phenoxy) is 1. The first-order chi connectivity index (χ1) is 21.9. The summed E-state index contributed by atoms with van der Waals surface area (Å²) in [5.41, 5.74) is 6.44. The number of nitrogens with zero attached hydrogens (tertiary/aromatic N) is 5. The van der Waals surface area contributed by atoms with Crippen LogP contribution in [0, 0.1) is 11.7 Å². The van der Waals surface area contributed by atoms with Crippen molar-refractivity contribution >= 4 is 33.7 Å². The number of hydrogen-bond donors (Lipinski definition) is 3. The second kappa shape index (κ2) is 12.1. The third-order valence-electron chi connectivity index (χ3n) is 8.10. The third kappa shape index (κ3) is 5.99. The second-order valence-electron chi connectivity index (χ2n) is 11.7. The zero-order valence-corrected chi connectivity index (χ0v) is 25.1. The third-order valence-corrected chi connectivity index (χ3v) is 8.10. The number of hydrogen-bond acceptors (Lipinski definition) is 7. The van der Waals surface area contributed by atoms with Gasteiger partial charge in [0.1, 0.15) is 23.9 Å². The Hall–Kier alpha value is -5.16. The van der Waals surface area contributed by atoms with E-state index in [4.69, 9.17) is 9.72 Å². The van der Waals surface area contributed by atoms with Gasteiger partial charge in [-0.25, -0.2) is 14.4 Å². The maximum absolute atomic E-state index is 14.8. The first-order valence-electron chi connectivity index (χ1n) is 15.2. The summed E-state index contributed by atoms with van der Waals surface area (Å²) in [5, 5.41) is 11.4. The molecule has 1 fully saturated rings. The maximum Gasteiger partial charge on any atom is 0.226 e. The van der Waals surface area contributed by atoms with Gasteiger partial charge in [-0.1, -0.05) is 19.9 Å². The van der Waals surface area contributed by atoms with Crippen molar-refractivity contribution in [2.24, 2.45) is 5.92 Å². The molecule has 11 heteroatoms. The van der Waals surface area contributed by atoms with Crippen LogP contribution in [0.25, 0.3) is 55.8 Å². The Bertz CT molecular complexity index is 2010. The predicted octanol–water partition coefficient (Wildman–Crippen LogP) is 6.44. The molecule has 7 rings (SSSR count). The summed E-state index contributed by atoms with van der Waals surface area (Å²) in [5.74, 6) is 0.434. The molecule has 0 unspecified atom stereocenters. The zero-order chi connectivity index (χ0) is 30.9. The summed E-state index contributed by atoms with van der Waals surface area (Å²) in [7, 11) is 0. The highest BCUT2D eigenvalue weighted by Gasteiger charge is 2.18. The molecule has 3 N–H and O–H groups in total. The second-order valence-corrected chi connectivity index (χ2v) is 11.7. The molecule has 10 nitrogen and oxygen atoms in total. The molecule has 0 spiro atoms. The number of fused-ring (bicyclic) bond motifs is 2. The number of amides is 1. The molecule has 0 aliphatic carbocycles. The lowest BCUT2D eigenvalue weighted by Gasteiger charge is -2.15. The smallest absolute Gasteiger partial charge is 0.226 e. The number of anilines is 1. The average Bonchev–Trinajstić information content (AvgIpc) is 3.80. The lowest BCUT2D eigenvalue weighted by atomic mass is 10.0. The van der Waals surface area contributed by atoms with E-state index in [0.717, 1.165) is 47.2 Å². The molecule has 45 heavy (non-hydrogen) atoms. The molecule has 2 aromatic carbocycles. The number of aromatic amines is 2. The van der Waals surface area contributed by atoms with Gasteiger partial charge in [-0.3, -0.25) is 19.8 Å². The molecule has 0 atom stereocenters. The van der Waals surface area contributed by atoms with Gasteiger partial charge in [0.2, 0.25) is 5.91 Å². The van der Waals surface area contributed by atoms with Crippen molar-refractivity contribution < 1.29 is 13.9 Å². The van der Waals surface area contributed by atoms with E-state index < -0.39 is 0 Å². The van der Waals surface area contributed by atoms with E-state index in [1.54, 1.807) is 18.6 Å². The van der Waals surface area contributed by atoms with Crippen molar-refractivity contribution in [2.75, 3.05) is 31.6 Å². The van der Waals surface area contributed by atoms with Gasteiger partial charge in [0, 0.05) is 47.4 Å². The monoisotopic (exact) mass is 604 g/mol. The number of pyridine rings is 2. The van der Waals surface area contributed by atoms with E-state index in [-0.39, 0.29) is 17.6 Å². The van der Waals surface area contributed by atoms with Crippen LogP contribution >= 0.6 is 0 Å². The van der Waals surface area contributed by atoms with Crippen LogP contribution in [0.4, 0.5) is 10.1 Å². The van der Waals surface area contributed by atoms with Gasteiger partial charge < -0.3 is 15.0 Å². The molecular weight excluding hydrogens is 571 g/mol. The molecule has 228 valence electrons. The minimum Gasteiger partial charge on any atom is -0.492 e. The number of H-pyrrole nitrogens is 2. The molecule has 6 aromatic rings. The van der Waals surface area contributed by atoms with Gasteiger partial charge in [0.25, 0.3) is 0 Å².